The summed E-state index contributed by atoms with van der Waals surface area (Å²) < 4.78 is 5.55. The zero-order chi connectivity index (χ0) is 14.5. The summed E-state index contributed by atoms with van der Waals surface area (Å²) in [5.41, 5.74) is 0.629. The van der Waals surface area contributed by atoms with Crippen LogP contribution in [0, 0.1) is 5.92 Å². The third kappa shape index (κ3) is 3.73. The molecule has 1 fully saturated rings. The number of hydrogen-bond donors (Lipinski definition) is 2. The largest absolute Gasteiger partial charge is 0.491 e. The third-order valence-electron chi connectivity index (χ3n) is 3.70. The van der Waals surface area contributed by atoms with Crippen LogP contribution in [0.3, 0.4) is 0 Å². The molecule has 1 aliphatic rings. The molecular formula is C16H23NO3. The standard InChI is InChI=1S/C16H23NO3/c1-11(2)20-14-8-6-12(7-9-14)16(19)17-15-5-3-4-13(15)10-18/h6-9,11,13,15,18H,3-5,10H2,1-2H3,(H,17,19). The summed E-state index contributed by atoms with van der Waals surface area (Å²) in [5, 5.41) is 12.3. The molecule has 1 aliphatic carbocycles. The first kappa shape index (κ1) is 14.9. The molecule has 1 amide bonds. The van der Waals surface area contributed by atoms with E-state index in [0.717, 1.165) is 25.0 Å². The Balaban J connectivity index is 1.95. The van der Waals surface area contributed by atoms with Crippen LogP contribution in [0.25, 0.3) is 0 Å². The number of carbonyl (C=O) groups excluding carboxylic acids is 1. The number of rotatable bonds is 5. The fourth-order valence-electron chi connectivity index (χ4n) is 2.65. The minimum Gasteiger partial charge on any atom is -0.491 e. The minimum atomic E-state index is -0.0774. The summed E-state index contributed by atoms with van der Waals surface area (Å²) in [4.78, 5) is 12.2. The van der Waals surface area contributed by atoms with Crippen molar-refractivity contribution < 1.29 is 14.6 Å². The van der Waals surface area contributed by atoms with Gasteiger partial charge in [-0.15, -0.1) is 0 Å². The molecule has 2 atom stereocenters. The molecule has 1 saturated carbocycles. The molecule has 2 rings (SSSR count). The summed E-state index contributed by atoms with van der Waals surface area (Å²) in [6, 6.07) is 7.27. The summed E-state index contributed by atoms with van der Waals surface area (Å²) in [6.45, 7) is 4.08. The van der Waals surface area contributed by atoms with Gasteiger partial charge in [-0.25, -0.2) is 0 Å². The van der Waals surface area contributed by atoms with Crippen molar-refractivity contribution >= 4 is 5.91 Å². The van der Waals surface area contributed by atoms with Gasteiger partial charge in [0.15, 0.2) is 0 Å². The Labute approximate surface area is 120 Å². The summed E-state index contributed by atoms with van der Waals surface area (Å²) in [5.74, 6) is 0.889. The number of amides is 1. The second-order valence-corrected chi connectivity index (χ2v) is 5.64. The summed E-state index contributed by atoms with van der Waals surface area (Å²) in [7, 11) is 0. The van der Waals surface area contributed by atoms with E-state index >= 15 is 0 Å². The Morgan fingerprint density at radius 1 is 1.35 bits per heavy atom. The van der Waals surface area contributed by atoms with Gasteiger partial charge in [-0.2, -0.15) is 0 Å². The van der Waals surface area contributed by atoms with E-state index in [-0.39, 0.29) is 30.6 Å². The molecule has 2 N–H and O–H groups in total. The van der Waals surface area contributed by atoms with Crippen molar-refractivity contribution in [3.05, 3.63) is 29.8 Å². The topological polar surface area (TPSA) is 58.6 Å². The molecule has 2 unspecified atom stereocenters. The lowest BCUT2D eigenvalue weighted by molar-refractivity contribution is 0.0916. The minimum absolute atomic E-state index is 0.0774. The normalized spacial score (nSPS) is 22.0. The van der Waals surface area contributed by atoms with Crippen LogP contribution in [-0.4, -0.2) is 29.8 Å². The van der Waals surface area contributed by atoms with Crippen molar-refractivity contribution in [2.24, 2.45) is 5.92 Å². The highest BCUT2D eigenvalue weighted by atomic mass is 16.5. The van der Waals surface area contributed by atoms with Crippen LogP contribution in [0.1, 0.15) is 43.5 Å². The van der Waals surface area contributed by atoms with Gasteiger partial charge < -0.3 is 15.2 Å². The van der Waals surface area contributed by atoms with E-state index in [2.05, 4.69) is 5.32 Å². The molecule has 0 spiro atoms. The first-order chi connectivity index (χ1) is 9.60. The van der Waals surface area contributed by atoms with Crippen molar-refractivity contribution in [2.75, 3.05) is 6.61 Å². The van der Waals surface area contributed by atoms with E-state index in [1.54, 1.807) is 12.1 Å². The van der Waals surface area contributed by atoms with Crippen LogP contribution < -0.4 is 10.1 Å². The van der Waals surface area contributed by atoms with Crippen LogP contribution in [0.15, 0.2) is 24.3 Å². The highest BCUT2D eigenvalue weighted by molar-refractivity contribution is 5.94. The lowest BCUT2D eigenvalue weighted by Crippen LogP contribution is -2.38. The van der Waals surface area contributed by atoms with Crippen LogP contribution in [0.4, 0.5) is 0 Å². The second-order valence-electron chi connectivity index (χ2n) is 5.64. The zero-order valence-electron chi connectivity index (χ0n) is 12.1. The Morgan fingerprint density at radius 3 is 2.65 bits per heavy atom. The van der Waals surface area contributed by atoms with Gasteiger partial charge in [0.1, 0.15) is 5.75 Å². The smallest absolute Gasteiger partial charge is 0.251 e. The number of nitrogens with one attached hydrogen (secondary N) is 1. The van der Waals surface area contributed by atoms with Gasteiger partial charge in [0, 0.05) is 24.1 Å². The van der Waals surface area contributed by atoms with Crippen molar-refractivity contribution in [3.8, 4) is 5.75 Å². The number of hydrogen-bond acceptors (Lipinski definition) is 3. The fourth-order valence-corrected chi connectivity index (χ4v) is 2.65. The highest BCUT2D eigenvalue weighted by Gasteiger charge is 2.28. The SMILES string of the molecule is CC(C)Oc1ccc(C(=O)NC2CCCC2CO)cc1. The molecule has 1 aromatic rings. The second kappa shape index (κ2) is 6.75. The lowest BCUT2D eigenvalue weighted by Gasteiger charge is -2.19. The number of benzene rings is 1. The van der Waals surface area contributed by atoms with Crippen LogP contribution in [0.5, 0.6) is 5.75 Å². The molecule has 0 saturated heterocycles. The molecule has 0 heterocycles. The van der Waals surface area contributed by atoms with Crippen molar-refractivity contribution in [1.82, 2.24) is 5.32 Å². The fraction of sp³-hybridized carbons (Fsp3) is 0.562. The van der Waals surface area contributed by atoms with E-state index in [4.69, 9.17) is 4.74 Å². The predicted octanol–water partition coefficient (Wildman–Crippen LogP) is 2.36. The van der Waals surface area contributed by atoms with Crippen LogP contribution in [0.2, 0.25) is 0 Å². The first-order valence-electron chi connectivity index (χ1n) is 7.28. The van der Waals surface area contributed by atoms with Crippen LogP contribution in [-0.2, 0) is 0 Å². The predicted molar refractivity (Wildman–Crippen MR) is 77.9 cm³/mol. The van der Waals surface area contributed by atoms with Crippen molar-refractivity contribution in [2.45, 2.75) is 45.3 Å². The number of carbonyl (C=O) groups is 1. The molecular weight excluding hydrogens is 254 g/mol. The molecule has 0 aliphatic heterocycles. The van der Waals surface area contributed by atoms with E-state index in [1.165, 1.54) is 0 Å². The van der Waals surface area contributed by atoms with Crippen molar-refractivity contribution in [1.29, 1.82) is 0 Å². The molecule has 4 nitrogen and oxygen atoms in total. The average molecular weight is 277 g/mol. The molecule has 0 radical (unpaired) electrons. The Morgan fingerprint density at radius 2 is 2.05 bits per heavy atom. The molecule has 110 valence electrons. The highest BCUT2D eigenvalue weighted by Crippen LogP contribution is 2.25. The summed E-state index contributed by atoms with van der Waals surface area (Å²) >= 11 is 0. The van der Waals surface area contributed by atoms with Gasteiger partial charge in [-0.1, -0.05) is 6.42 Å². The van der Waals surface area contributed by atoms with Gasteiger partial charge in [-0.05, 0) is 51.0 Å². The van der Waals surface area contributed by atoms with Gasteiger partial charge in [0.05, 0.1) is 6.10 Å². The zero-order valence-corrected chi connectivity index (χ0v) is 12.1. The van der Waals surface area contributed by atoms with Crippen LogP contribution >= 0.6 is 0 Å². The maximum atomic E-state index is 12.2. The van der Waals surface area contributed by atoms with Gasteiger partial charge >= 0.3 is 0 Å². The molecule has 1 aromatic carbocycles. The average Bonchev–Trinajstić information content (AvgIpc) is 2.86. The van der Waals surface area contributed by atoms with Gasteiger partial charge in [0.2, 0.25) is 0 Å². The third-order valence-corrected chi connectivity index (χ3v) is 3.70. The molecule has 0 aromatic heterocycles. The van der Waals surface area contributed by atoms with Gasteiger partial charge in [0.25, 0.3) is 5.91 Å². The molecule has 20 heavy (non-hydrogen) atoms. The Bertz CT molecular complexity index is 442. The summed E-state index contributed by atoms with van der Waals surface area (Å²) in [6.07, 6.45) is 3.13. The van der Waals surface area contributed by atoms with Gasteiger partial charge in [-0.3, -0.25) is 4.79 Å². The first-order valence-corrected chi connectivity index (χ1v) is 7.28. The van der Waals surface area contributed by atoms with E-state index < -0.39 is 0 Å². The number of ether oxygens (including phenoxy) is 1. The van der Waals surface area contributed by atoms with E-state index in [1.807, 2.05) is 26.0 Å². The lowest BCUT2D eigenvalue weighted by atomic mass is 10.0. The maximum Gasteiger partial charge on any atom is 0.251 e. The monoisotopic (exact) mass is 277 g/mol. The van der Waals surface area contributed by atoms with Crippen molar-refractivity contribution in [3.63, 3.8) is 0 Å². The van der Waals surface area contributed by atoms with E-state index in [9.17, 15) is 9.90 Å². The Hall–Kier alpha value is -1.55. The number of aliphatic hydroxyl groups excluding tert-OH is 1. The van der Waals surface area contributed by atoms with E-state index in [0.29, 0.717) is 5.56 Å². The number of aliphatic hydroxyl groups is 1. The molecule has 0 bridgehead atoms. The molecule has 4 heteroatoms. The Kier molecular flexibility index (Phi) is 5.01. The quantitative estimate of drug-likeness (QED) is 0.868. The maximum absolute atomic E-state index is 12.2.